The van der Waals surface area contributed by atoms with E-state index in [0.717, 1.165) is 56.6 Å². The van der Waals surface area contributed by atoms with Gasteiger partial charge in [-0.25, -0.2) is 4.98 Å². The lowest BCUT2D eigenvalue weighted by molar-refractivity contribution is -0.141. The summed E-state index contributed by atoms with van der Waals surface area (Å²) in [6.45, 7) is 3.22. The van der Waals surface area contributed by atoms with Gasteiger partial charge in [-0.2, -0.15) is 18.2 Å². The Morgan fingerprint density at radius 2 is 1.94 bits per heavy atom. The van der Waals surface area contributed by atoms with E-state index >= 15 is 0 Å². The van der Waals surface area contributed by atoms with E-state index in [-0.39, 0.29) is 28.3 Å². The largest absolute Gasteiger partial charge is 0.433 e. The van der Waals surface area contributed by atoms with Crippen molar-refractivity contribution in [1.82, 2.24) is 15.3 Å². The summed E-state index contributed by atoms with van der Waals surface area (Å²) in [6, 6.07) is 8.97. The molecule has 5 nitrogen and oxygen atoms in total. The first kappa shape index (κ1) is 25.0. The summed E-state index contributed by atoms with van der Waals surface area (Å²) in [5, 5.41) is 6.88. The summed E-state index contributed by atoms with van der Waals surface area (Å²) >= 11 is 11.7. The molecule has 1 saturated heterocycles. The number of halogens is 4. The van der Waals surface area contributed by atoms with E-state index in [4.69, 9.17) is 23.8 Å². The van der Waals surface area contributed by atoms with Crippen LogP contribution in [-0.2, 0) is 11.6 Å². The van der Waals surface area contributed by atoms with Crippen LogP contribution in [0.5, 0.6) is 0 Å². The number of nitrogens with one attached hydrogen (secondary N) is 2. The Balaban J connectivity index is 1.51. The molecule has 10 heteroatoms. The number of nitrogens with zero attached hydrogens (tertiary/aromatic N) is 3. The van der Waals surface area contributed by atoms with Gasteiger partial charge in [0, 0.05) is 35.6 Å². The molecule has 1 aliphatic heterocycles. The molecule has 0 amide bonds. The van der Waals surface area contributed by atoms with Crippen molar-refractivity contribution >= 4 is 40.7 Å². The van der Waals surface area contributed by atoms with E-state index in [9.17, 15) is 13.2 Å². The van der Waals surface area contributed by atoms with Gasteiger partial charge in [-0.3, -0.25) is 0 Å². The van der Waals surface area contributed by atoms with Gasteiger partial charge in [0.15, 0.2) is 10.8 Å². The first-order valence-corrected chi connectivity index (χ1v) is 12.5. The summed E-state index contributed by atoms with van der Waals surface area (Å²) in [5.74, 6) is 0.120. The monoisotopic (exact) mass is 511 g/mol. The van der Waals surface area contributed by atoms with Gasteiger partial charge in [0.05, 0.1) is 0 Å². The van der Waals surface area contributed by atoms with Crippen molar-refractivity contribution in [2.75, 3.05) is 23.3 Å². The molecule has 2 aromatic rings. The van der Waals surface area contributed by atoms with Crippen LogP contribution in [0.3, 0.4) is 0 Å². The molecule has 0 spiro atoms. The van der Waals surface area contributed by atoms with Gasteiger partial charge in [0.1, 0.15) is 5.82 Å². The highest BCUT2D eigenvalue weighted by atomic mass is 35.5. The highest BCUT2D eigenvalue weighted by Crippen LogP contribution is 2.41. The van der Waals surface area contributed by atoms with Crippen LogP contribution in [0.15, 0.2) is 30.3 Å². The van der Waals surface area contributed by atoms with Crippen molar-refractivity contribution < 1.29 is 13.2 Å². The van der Waals surface area contributed by atoms with Crippen molar-refractivity contribution in [3.8, 4) is 0 Å². The lowest BCUT2D eigenvalue weighted by Crippen LogP contribution is -2.41. The summed E-state index contributed by atoms with van der Waals surface area (Å²) in [7, 11) is 0. The van der Waals surface area contributed by atoms with E-state index in [1.165, 1.54) is 0 Å². The third kappa shape index (κ3) is 5.74. The number of hydrogen-bond donors (Lipinski definition) is 2. The fourth-order valence-electron chi connectivity index (χ4n) is 5.05. The lowest BCUT2D eigenvalue weighted by Gasteiger charge is -2.34. The third-order valence-corrected chi connectivity index (χ3v) is 7.39. The Kier molecular flexibility index (Phi) is 7.52. The fourth-order valence-corrected chi connectivity index (χ4v) is 5.41. The molecular weight excluding hydrogens is 483 g/mol. The van der Waals surface area contributed by atoms with Crippen molar-refractivity contribution in [2.24, 2.45) is 0 Å². The topological polar surface area (TPSA) is 53.1 Å². The molecule has 1 aliphatic carbocycles. The standard InChI is InChI=1S/C24H29ClF3N5S/c1-16-7-2-5-12-33(16)20-14-19(24(26,27)28)30-21(31-20)32-22(34)29-15-23(10-3-4-11-23)17-8-6-9-18(25)13-17/h6,8-9,13-14,16H,2-5,7,10-12,15H2,1H3,(H2,29,30,31,32,34). The fraction of sp³-hybridized carbons (Fsp3) is 0.542. The third-order valence-electron chi connectivity index (χ3n) is 6.91. The molecule has 184 valence electrons. The molecule has 1 aromatic heterocycles. The second-order valence-corrected chi connectivity index (χ2v) is 10.1. The molecule has 2 aliphatic rings. The van der Waals surface area contributed by atoms with Gasteiger partial charge in [0.25, 0.3) is 0 Å². The number of rotatable bonds is 5. The maximum Gasteiger partial charge on any atom is 0.433 e. The van der Waals surface area contributed by atoms with Crippen LogP contribution in [0.25, 0.3) is 0 Å². The van der Waals surface area contributed by atoms with Crippen molar-refractivity contribution in [3.05, 3.63) is 46.6 Å². The lowest BCUT2D eigenvalue weighted by atomic mass is 9.79. The van der Waals surface area contributed by atoms with E-state index < -0.39 is 11.9 Å². The minimum absolute atomic E-state index is 0.114. The molecule has 1 unspecified atom stereocenters. The van der Waals surface area contributed by atoms with Gasteiger partial charge in [-0.15, -0.1) is 0 Å². The minimum Gasteiger partial charge on any atom is -0.361 e. The number of piperidine rings is 1. The van der Waals surface area contributed by atoms with E-state index in [2.05, 4.69) is 26.7 Å². The highest BCUT2D eigenvalue weighted by molar-refractivity contribution is 7.80. The average Bonchev–Trinajstić information content (AvgIpc) is 3.28. The summed E-state index contributed by atoms with van der Waals surface area (Å²) in [4.78, 5) is 10.0. The second kappa shape index (κ2) is 10.2. The van der Waals surface area contributed by atoms with Crippen LogP contribution in [0, 0.1) is 0 Å². The first-order chi connectivity index (χ1) is 16.2. The Morgan fingerprint density at radius 3 is 2.62 bits per heavy atom. The number of alkyl halides is 3. The Hall–Kier alpha value is -2.13. The number of aromatic nitrogens is 2. The molecule has 1 saturated carbocycles. The normalized spacial score (nSPS) is 20.3. The Morgan fingerprint density at radius 1 is 1.18 bits per heavy atom. The predicted octanol–water partition coefficient (Wildman–Crippen LogP) is 6.33. The number of benzene rings is 1. The molecule has 34 heavy (non-hydrogen) atoms. The maximum atomic E-state index is 13.6. The second-order valence-electron chi connectivity index (χ2n) is 9.28. The van der Waals surface area contributed by atoms with E-state index in [0.29, 0.717) is 18.1 Å². The van der Waals surface area contributed by atoms with Gasteiger partial charge >= 0.3 is 6.18 Å². The smallest absolute Gasteiger partial charge is 0.361 e. The Labute approximate surface area is 208 Å². The summed E-state index contributed by atoms with van der Waals surface area (Å²) in [6.07, 6.45) is 2.49. The van der Waals surface area contributed by atoms with E-state index in [1.807, 2.05) is 30.0 Å². The van der Waals surface area contributed by atoms with Crippen LogP contribution in [-0.4, -0.2) is 34.2 Å². The zero-order chi connectivity index (χ0) is 24.3. The highest BCUT2D eigenvalue weighted by Gasteiger charge is 2.37. The van der Waals surface area contributed by atoms with E-state index in [1.54, 1.807) is 0 Å². The maximum absolute atomic E-state index is 13.6. The van der Waals surface area contributed by atoms with Crippen molar-refractivity contribution in [2.45, 2.75) is 69.5 Å². The first-order valence-electron chi connectivity index (χ1n) is 11.7. The van der Waals surface area contributed by atoms with Crippen LogP contribution in [0.4, 0.5) is 24.9 Å². The molecule has 1 aromatic carbocycles. The van der Waals surface area contributed by atoms with Gasteiger partial charge < -0.3 is 15.5 Å². The van der Waals surface area contributed by atoms with Crippen LogP contribution >= 0.6 is 23.8 Å². The van der Waals surface area contributed by atoms with Crippen LogP contribution < -0.4 is 15.5 Å². The zero-order valence-corrected chi connectivity index (χ0v) is 20.7. The molecule has 0 bridgehead atoms. The SMILES string of the molecule is CC1CCCCN1c1cc(C(F)(F)F)nc(NC(=S)NCC2(c3cccc(Cl)c3)CCCC2)n1. The molecular formula is C24H29ClF3N5S. The zero-order valence-electron chi connectivity index (χ0n) is 19.1. The number of hydrogen-bond acceptors (Lipinski definition) is 4. The molecule has 4 rings (SSSR count). The van der Waals surface area contributed by atoms with Gasteiger partial charge in [0.2, 0.25) is 5.95 Å². The predicted molar refractivity (Wildman–Crippen MR) is 134 cm³/mol. The van der Waals surface area contributed by atoms with Gasteiger partial charge in [-0.1, -0.05) is 36.6 Å². The molecule has 2 N–H and O–H groups in total. The molecule has 2 fully saturated rings. The molecule has 1 atom stereocenters. The quantitative estimate of drug-likeness (QED) is 0.458. The average molecular weight is 512 g/mol. The Bertz CT molecular complexity index is 1030. The molecule has 2 heterocycles. The summed E-state index contributed by atoms with van der Waals surface area (Å²) in [5.41, 5.74) is 0.0379. The van der Waals surface area contributed by atoms with Crippen LogP contribution in [0.2, 0.25) is 5.02 Å². The van der Waals surface area contributed by atoms with Crippen molar-refractivity contribution in [3.63, 3.8) is 0 Å². The number of thiocarbonyl (C=S) groups is 1. The van der Waals surface area contributed by atoms with Gasteiger partial charge in [-0.05, 0) is 68.9 Å². The number of anilines is 2. The van der Waals surface area contributed by atoms with Crippen LogP contribution in [0.1, 0.15) is 63.1 Å². The molecule has 0 radical (unpaired) electrons. The minimum atomic E-state index is -4.58. The summed E-state index contributed by atoms with van der Waals surface area (Å²) < 4.78 is 40.7. The van der Waals surface area contributed by atoms with Crippen molar-refractivity contribution in [1.29, 1.82) is 0 Å².